The van der Waals surface area contributed by atoms with Crippen LogP contribution in [-0.2, 0) is 4.79 Å². The Balaban J connectivity index is 1.97. The number of amides is 1. The van der Waals surface area contributed by atoms with Crippen molar-refractivity contribution in [1.82, 2.24) is 5.32 Å². The summed E-state index contributed by atoms with van der Waals surface area (Å²) in [5.74, 6) is 0.140. The largest absolute Gasteiger partial charge is 0.483 e. The van der Waals surface area contributed by atoms with Gasteiger partial charge in [0, 0.05) is 0 Å². The number of hydrogen-bond acceptors (Lipinski definition) is 3. The molecule has 126 valence electrons. The molecule has 0 heterocycles. The predicted octanol–water partition coefficient (Wildman–Crippen LogP) is 3.84. The van der Waals surface area contributed by atoms with Gasteiger partial charge in [0.15, 0.2) is 12.4 Å². The molecule has 0 fully saturated rings. The van der Waals surface area contributed by atoms with Gasteiger partial charge in [-0.1, -0.05) is 48.9 Å². The van der Waals surface area contributed by atoms with Gasteiger partial charge in [0.2, 0.25) is 0 Å². The summed E-state index contributed by atoms with van der Waals surface area (Å²) >= 11 is 0. The zero-order valence-electron chi connectivity index (χ0n) is 14.3. The fraction of sp³-hybridized carbons (Fsp3) is 0.300. The smallest absolute Gasteiger partial charge is 0.258 e. The van der Waals surface area contributed by atoms with Gasteiger partial charge >= 0.3 is 0 Å². The van der Waals surface area contributed by atoms with Crippen molar-refractivity contribution in [3.05, 3.63) is 65.2 Å². The molecule has 0 aromatic heterocycles. The van der Waals surface area contributed by atoms with E-state index in [4.69, 9.17) is 4.74 Å². The van der Waals surface area contributed by atoms with Gasteiger partial charge in [0.25, 0.3) is 5.91 Å². The fourth-order valence-electron chi connectivity index (χ4n) is 2.48. The summed E-state index contributed by atoms with van der Waals surface area (Å²) in [6, 6.07) is 15.0. The summed E-state index contributed by atoms with van der Waals surface area (Å²) < 4.78 is 5.53. The van der Waals surface area contributed by atoms with Crippen LogP contribution in [0, 0.1) is 6.92 Å². The lowest BCUT2D eigenvalue weighted by Gasteiger charge is -2.18. The minimum absolute atomic E-state index is 0.0512. The third-order valence-electron chi connectivity index (χ3n) is 3.85. The van der Waals surface area contributed by atoms with E-state index in [0.717, 1.165) is 12.0 Å². The number of aryl methyl sites for hydroxylation is 1. The Morgan fingerprint density at radius 3 is 2.38 bits per heavy atom. The first-order chi connectivity index (χ1) is 11.5. The normalized spacial score (nSPS) is 11.6. The number of nitrogens with one attached hydrogen (secondary N) is 1. The van der Waals surface area contributed by atoms with Crippen molar-refractivity contribution in [3.63, 3.8) is 0 Å². The molecule has 1 N–H and O–H groups in total. The highest BCUT2D eigenvalue weighted by atomic mass is 16.5. The van der Waals surface area contributed by atoms with E-state index in [1.807, 2.05) is 38.1 Å². The summed E-state index contributed by atoms with van der Waals surface area (Å²) in [7, 11) is 0. The van der Waals surface area contributed by atoms with Crippen molar-refractivity contribution >= 4 is 11.7 Å². The van der Waals surface area contributed by atoms with Crippen LogP contribution in [0.3, 0.4) is 0 Å². The number of carbonyl (C=O) groups excluding carboxylic acids is 2. The maximum absolute atomic E-state index is 12.2. The summed E-state index contributed by atoms with van der Waals surface area (Å²) in [6.45, 7) is 5.42. The van der Waals surface area contributed by atoms with Gasteiger partial charge in [0.1, 0.15) is 5.75 Å². The van der Waals surface area contributed by atoms with Crippen LogP contribution < -0.4 is 10.1 Å². The number of ether oxygens (including phenoxy) is 1. The number of hydrogen-bond donors (Lipinski definition) is 1. The highest BCUT2D eigenvalue weighted by Crippen LogP contribution is 2.19. The summed E-state index contributed by atoms with van der Waals surface area (Å²) in [5.41, 5.74) is 2.74. The second kappa shape index (κ2) is 8.29. The summed E-state index contributed by atoms with van der Waals surface area (Å²) in [4.78, 5) is 23.8. The third kappa shape index (κ3) is 4.69. The first kappa shape index (κ1) is 17.7. The molecule has 1 amide bonds. The second-order valence-electron chi connectivity index (χ2n) is 5.78. The van der Waals surface area contributed by atoms with Gasteiger partial charge in [-0.2, -0.15) is 0 Å². The highest BCUT2D eigenvalue weighted by molar-refractivity contribution is 5.96. The molecule has 0 bridgehead atoms. The van der Waals surface area contributed by atoms with Gasteiger partial charge < -0.3 is 10.1 Å². The standard InChI is InChI=1S/C20H23NO3/c1-4-18(16-11-9-14(2)10-12-16)21-20(23)13-24-19-8-6-5-7-17(19)15(3)22/h5-12,18H,4,13H2,1-3H3,(H,21,23)/t18-/m0/s1. The van der Waals surface area contributed by atoms with Crippen LogP contribution in [0.5, 0.6) is 5.75 Å². The maximum Gasteiger partial charge on any atom is 0.258 e. The van der Waals surface area contributed by atoms with Crippen molar-refractivity contribution in [2.24, 2.45) is 0 Å². The van der Waals surface area contributed by atoms with E-state index in [1.54, 1.807) is 24.3 Å². The molecule has 0 aliphatic heterocycles. The Hall–Kier alpha value is -2.62. The van der Waals surface area contributed by atoms with Crippen molar-refractivity contribution in [2.45, 2.75) is 33.2 Å². The fourth-order valence-corrected chi connectivity index (χ4v) is 2.48. The molecule has 0 saturated carbocycles. The quantitative estimate of drug-likeness (QED) is 0.787. The Bertz CT molecular complexity index is 707. The Labute approximate surface area is 142 Å². The van der Waals surface area contributed by atoms with E-state index < -0.39 is 0 Å². The highest BCUT2D eigenvalue weighted by Gasteiger charge is 2.14. The Morgan fingerprint density at radius 1 is 1.08 bits per heavy atom. The maximum atomic E-state index is 12.2. The molecule has 4 nitrogen and oxygen atoms in total. The average Bonchev–Trinajstić information content (AvgIpc) is 2.59. The van der Waals surface area contributed by atoms with Crippen molar-refractivity contribution in [1.29, 1.82) is 0 Å². The van der Waals surface area contributed by atoms with Crippen LogP contribution in [0.15, 0.2) is 48.5 Å². The molecule has 2 aromatic carbocycles. The van der Waals surface area contributed by atoms with Crippen molar-refractivity contribution < 1.29 is 14.3 Å². The molecular weight excluding hydrogens is 302 g/mol. The minimum Gasteiger partial charge on any atom is -0.483 e. The number of benzene rings is 2. The van der Waals surface area contributed by atoms with E-state index >= 15 is 0 Å². The number of rotatable bonds is 7. The van der Waals surface area contributed by atoms with Crippen LogP contribution in [-0.4, -0.2) is 18.3 Å². The minimum atomic E-state index is -0.208. The summed E-state index contributed by atoms with van der Waals surface area (Å²) in [6.07, 6.45) is 0.791. The van der Waals surface area contributed by atoms with Crippen LogP contribution in [0.2, 0.25) is 0 Å². The molecule has 0 aliphatic rings. The van der Waals surface area contributed by atoms with Crippen LogP contribution in [0.25, 0.3) is 0 Å². The molecule has 0 spiro atoms. The lowest BCUT2D eigenvalue weighted by molar-refractivity contribution is -0.123. The molecule has 0 saturated heterocycles. The van der Waals surface area contributed by atoms with Crippen LogP contribution in [0.1, 0.15) is 47.8 Å². The molecular formula is C20H23NO3. The zero-order valence-corrected chi connectivity index (χ0v) is 14.3. The van der Waals surface area contributed by atoms with Gasteiger partial charge in [-0.3, -0.25) is 9.59 Å². The monoisotopic (exact) mass is 325 g/mol. The molecule has 0 unspecified atom stereocenters. The van der Waals surface area contributed by atoms with E-state index in [-0.39, 0.29) is 24.3 Å². The van der Waals surface area contributed by atoms with Gasteiger partial charge in [-0.15, -0.1) is 0 Å². The van der Waals surface area contributed by atoms with Crippen molar-refractivity contribution in [2.75, 3.05) is 6.61 Å². The van der Waals surface area contributed by atoms with Crippen molar-refractivity contribution in [3.8, 4) is 5.75 Å². The van der Waals surface area contributed by atoms with Gasteiger partial charge in [-0.25, -0.2) is 0 Å². The molecule has 0 radical (unpaired) electrons. The van der Waals surface area contributed by atoms with E-state index in [1.165, 1.54) is 12.5 Å². The predicted molar refractivity (Wildman–Crippen MR) is 94.3 cm³/mol. The lowest BCUT2D eigenvalue weighted by atomic mass is 10.0. The summed E-state index contributed by atoms with van der Waals surface area (Å²) in [5, 5.41) is 2.97. The zero-order chi connectivity index (χ0) is 17.5. The SMILES string of the molecule is CC[C@H](NC(=O)COc1ccccc1C(C)=O)c1ccc(C)cc1. The van der Waals surface area contributed by atoms with E-state index in [0.29, 0.717) is 11.3 Å². The molecule has 4 heteroatoms. The van der Waals surface area contributed by atoms with E-state index in [2.05, 4.69) is 5.32 Å². The average molecular weight is 325 g/mol. The molecule has 2 rings (SSSR count). The lowest BCUT2D eigenvalue weighted by Crippen LogP contribution is -2.32. The Kier molecular flexibility index (Phi) is 6.13. The number of para-hydroxylation sites is 1. The molecule has 24 heavy (non-hydrogen) atoms. The molecule has 0 aliphatic carbocycles. The van der Waals surface area contributed by atoms with Crippen LogP contribution in [0.4, 0.5) is 0 Å². The number of carbonyl (C=O) groups is 2. The second-order valence-corrected chi connectivity index (χ2v) is 5.78. The number of ketones is 1. The molecule has 2 aromatic rings. The first-order valence-corrected chi connectivity index (χ1v) is 8.10. The Morgan fingerprint density at radius 2 is 1.75 bits per heavy atom. The first-order valence-electron chi connectivity index (χ1n) is 8.10. The van der Waals surface area contributed by atoms with Gasteiger partial charge in [0.05, 0.1) is 11.6 Å². The number of Topliss-reactive ketones (excluding diaryl/α,β-unsaturated/α-hetero) is 1. The topological polar surface area (TPSA) is 55.4 Å². The molecule has 1 atom stereocenters. The van der Waals surface area contributed by atoms with Gasteiger partial charge in [-0.05, 0) is 38.0 Å². The third-order valence-corrected chi connectivity index (χ3v) is 3.85. The van der Waals surface area contributed by atoms with Crippen LogP contribution >= 0.6 is 0 Å². The van der Waals surface area contributed by atoms with E-state index in [9.17, 15) is 9.59 Å².